The van der Waals surface area contributed by atoms with Crippen molar-refractivity contribution >= 4 is 16.6 Å². The van der Waals surface area contributed by atoms with Crippen LogP contribution in [0.25, 0.3) is 10.9 Å². The van der Waals surface area contributed by atoms with Gasteiger partial charge < -0.3 is 10.1 Å². The summed E-state index contributed by atoms with van der Waals surface area (Å²) >= 11 is 0. The number of piperidine rings is 1. The first-order chi connectivity index (χ1) is 10.3. The Morgan fingerprint density at radius 1 is 1.33 bits per heavy atom. The van der Waals surface area contributed by atoms with Gasteiger partial charge in [0, 0.05) is 6.20 Å². The number of fused-ring (bicyclic) bond motifs is 1. The van der Waals surface area contributed by atoms with Gasteiger partial charge in [-0.1, -0.05) is 0 Å². The molecule has 21 heavy (non-hydrogen) atoms. The monoisotopic (exact) mass is 287 g/mol. The molecule has 6 nitrogen and oxygen atoms in total. The van der Waals surface area contributed by atoms with Crippen LogP contribution in [0.2, 0.25) is 0 Å². The molecule has 1 fully saturated rings. The second-order valence-corrected chi connectivity index (χ2v) is 5.24. The van der Waals surface area contributed by atoms with E-state index in [4.69, 9.17) is 4.74 Å². The number of nitro benzene ring substituents is 1. The van der Waals surface area contributed by atoms with Gasteiger partial charge in [0.05, 0.1) is 22.4 Å². The fourth-order valence-corrected chi connectivity index (χ4v) is 2.68. The van der Waals surface area contributed by atoms with Gasteiger partial charge in [0.25, 0.3) is 0 Å². The summed E-state index contributed by atoms with van der Waals surface area (Å²) in [6, 6.07) is 6.82. The summed E-state index contributed by atoms with van der Waals surface area (Å²) in [6.07, 6.45) is 3.72. The summed E-state index contributed by atoms with van der Waals surface area (Å²) in [5.74, 6) is 0.787. The zero-order valence-electron chi connectivity index (χ0n) is 11.6. The van der Waals surface area contributed by atoms with Gasteiger partial charge in [0.1, 0.15) is 0 Å². The van der Waals surface area contributed by atoms with Crippen molar-refractivity contribution in [3.8, 4) is 5.75 Å². The molecule has 1 aliphatic heterocycles. The minimum atomic E-state index is -0.387. The molecule has 0 aliphatic carbocycles. The molecule has 0 atom stereocenters. The SMILES string of the molecule is O=[N+]([O-])c1c(OCC2CCNCC2)ccc2ncccc12. The highest BCUT2D eigenvalue weighted by Gasteiger charge is 2.22. The largest absolute Gasteiger partial charge is 0.486 e. The first-order valence-corrected chi connectivity index (χ1v) is 7.11. The third-order valence-electron chi connectivity index (χ3n) is 3.84. The van der Waals surface area contributed by atoms with Crippen molar-refractivity contribution in [2.24, 2.45) is 5.92 Å². The Kier molecular flexibility index (Phi) is 3.96. The second kappa shape index (κ2) is 6.05. The molecule has 1 aromatic heterocycles. The number of nitrogens with one attached hydrogen (secondary N) is 1. The zero-order valence-corrected chi connectivity index (χ0v) is 11.6. The Balaban J connectivity index is 1.87. The van der Waals surface area contributed by atoms with Gasteiger partial charge in [-0.25, -0.2) is 0 Å². The van der Waals surface area contributed by atoms with Gasteiger partial charge in [-0.2, -0.15) is 0 Å². The van der Waals surface area contributed by atoms with Crippen LogP contribution in [0.15, 0.2) is 30.5 Å². The van der Waals surface area contributed by atoms with Crippen molar-refractivity contribution < 1.29 is 9.66 Å². The van der Waals surface area contributed by atoms with Crippen LogP contribution in [-0.4, -0.2) is 29.6 Å². The Labute approximate surface area is 122 Å². The molecular formula is C15H17N3O3. The van der Waals surface area contributed by atoms with E-state index >= 15 is 0 Å². The molecule has 0 amide bonds. The molecule has 2 heterocycles. The van der Waals surface area contributed by atoms with E-state index in [1.165, 1.54) is 0 Å². The summed E-state index contributed by atoms with van der Waals surface area (Å²) < 4.78 is 5.75. The Hall–Kier alpha value is -2.21. The van der Waals surface area contributed by atoms with Crippen LogP contribution >= 0.6 is 0 Å². The second-order valence-electron chi connectivity index (χ2n) is 5.24. The van der Waals surface area contributed by atoms with Crippen LogP contribution in [-0.2, 0) is 0 Å². The molecule has 1 aromatic carbocycles. The number of hydrogen-bond acceptors (Lipinski definition) is 5. The number of pyridine rings is 1. The van der Waals surface area contributed by atoms with Crippen LogP contribution in [0.5, 0.6) is 5.75 Å². The van der Waals surface area contributed by atoms with E-state index in [0.717, 1.165) is 25.9 Å². The van der Waals surface area contributed by atoms with Crippen LogP contribution in [0.3, 0.4) is 0 Å². The third kappa shape index (κ3) is 2.95. The molecule has 110 valence electrons. The maximum absolute atomic E-state index is 11.4. The van der Waals surface area contributed by atoms with Gasteiger partial charge in [-0.3, -0.25) is 15.1 Å². The van der Waals surface area contributed by atoms with Crippen LogP contribution in [0.1, 0.15) is 12.8 Å². The van der Waals surface area contributed by atoms with Crippen molar-refractivity contribution in [2.45, 2.75) is 12.8 Å². The molecule has 2 aromatic rings. The Bertz CT molecular complexity index is 654. The molecule has 6 heteroatoms. The smallest absolute Gasteiger partial charge is 0.320 e. The number of aromatic nitrogens is 1. The lowest BCUT2D eigenvalue weighted by atomic mass is 9.99. The minimum absolute atomic E-state index is 0.00883. The van der Waals surface area contributed by atoms with Gasteiger partial charge in [-0.15, -0.1) is 0 Å². The summed E-state index contributed by atoms with van der Waals surface area (Å²) in [6.45, 7) is 2.49. The molecule has 0 spiro atoms. The first kappa shape index (κ1) is 13.8. The lowest BCUT2D eigenvalue weighted by Gasteiger charge is -2.22. The average molecular weight is 287 g/mol. The molecule has 0 radical (unpaired) electrons. The van der Waals surface area contributed by atoms with E-state index in [2.05, 4.69) is 10.3 Å². The molecule has 0 unspecified atom stereocenters. The molecule has 0 bridgehead atoms. The van der Waals surface area contributed by atoms with Crippen molar-refractivity contribution in [3.05, 3.63) is 40.6 Å². The highest BCUT2D eigenvalue weighted by Crippen LogP contribution is 2.34. The fraction of sp³-hybridized carbons (Fsp3) is 0.400. The van der Waals surface area contributed by atoms with Gasteiger partial charge >= 0.3 is 5.69 Å². The third-order valence-corrected chi connectivity index (χ3v) is 3.84. The van der Waals surface area contributed by atoms with E-state index in [-0.39, 0.29) is 10.6 Å². The van der Waals surface area contributed by atoms with E-state index in [0.29, 0.717) is 29.2 Å². The lowest BCUT2D eigenvalue weighted by molar-refractivity contribution is -0.384. The summed E-state index contributed by atoms with van der Waals surface area (Å²) in [7, 11) is 0. The number of rotatable bonds is 4. The maximum Gasteiger partial charge on any atom is 0.320 e. The molecule has 3 rings (SSSR count). The minimum Gasteiger partial charge on any atom is -0.486 e. The fourth-order valence-electron chi connectivity index (χ4n) is 2.68. The summed E-state index contributed by atoms with van der Waals surface area (Å²) in [5, 5.41) is 15.2. The first-order valence-electron chi connectivity index (χ1n) is 7.11. The predicted octanol–water partition coefficient (Wildman–Crippen LogP) is 2.52. The van der Waals surface area contributed by atoms with E-state index in [1.54, 1.807) is 30.5 Å². The molecular weight excluding hydrogens is 270 g/mol. The van der Waals surface area contributed by atoms with Crippen molar-refractivity contribution in [1.29, 1.82) is 0 Å². The molecule has 1 N–H and O–H groups in total. The average Bonchev–Trinajstić information content (AvgIpc) is 2.53. The summed E-state index contributed by atoms with van der Waals surface area (Å²) in [5.41, 5.74) is 0.618. The Morgan fingerprint density at radius 3 is 2.90 bits per heavy atom. The van der Waals surface area contributed by atoms with Gasteiger partial charge in [-0.05, 0) is 56.1 Å². The zero-order chi connectivity index (χ0) is 14.7. The van der Waals surface area contributed by atoms with E-state index < -0.39 is 0 Å². The summed E-state index contributed by atoms with van der Waals surface area (Å²) in [4.78, 5) is 15.1. The number of hydrogen-bond donors (Lipinski definition) is 1. The molecule has 1 aliphatic rings. The van der Waals surface area contributed by atoms with Crippen LogP contribution in [0.4, 0.5) is 5.69 Å². The quantitative estimate of drug-likeness (QED) is 0.690. The van der Waals surface area contributed by atoms with Crippen LogP contribution < -0.4 is 10.1 Å². The topological polar surface area (TPSA) is 77.3 Å². The van der Waals surface area contributed by atoms with Gasteiger partial charge in [0.2, 0.25) is 0 Å². The normalized spacial score (nSPS) is 16.0. The lowest BCUT2D eigenvalue weighted by Crippen LogP contribution is -2.30. The molecule has 1 saturated heterocycles. The standard InChI is InChI=1S/C15H17N3O3/c19-18(20)15-12-2-1-7-17-13(12)3-4-14(15)21-10-11-5-8-16-9-6-11/h1-4,7,11,16H,5-6,8-10H2. The van der Waals surface area contributed by atoms with Gasteiger partial charge in [0.15, 0.2) is 5.75 Å². The Morgan fingerprint density at radius 2 is 2.14 bits per heavy atom. The number of nitrogens with zero attached hydrogens (tertiary/aromatic N) is 2. The number of benzene rings is 1. The van der Waals surface area contributed by atoms with Crippen molar-refractivity contribution in [2.75, 3.05) is 19.7 Å². The predicted molar refractivity (Wildman–Crippen MR) is 79.5 cm³/mol. The maximum atomic E-state index is 11.4. The van der Waals surface area contributed by atoms with Crippen molar-refractivity contribution in [3.63, 3.8) is 0 Å². The van der Waals surface area contributed by atoms with Crippen LogP contribution in [0, 0.1) is 16.0 Å². The molecule has 0 saturated carbocycles. The highest BCUT2D eigenvalue weighted by atomic mass is 16.6. The number of nitro groups is 1. The number of ether oxygens (including phenoxy) is 1. The highest BCUT2D eigenvalue weighted by molar-refractivity contribution is 5.90. The van der Waals surface area contributed by atoms with Crippen molar-refractivity contribution in [1.82, 2.24) is 10.3 Å². The van der Waals surface area contributed by atoms with E-state index in [1.807, 2.05) is 0 Å². The van der Waals surface area contributed by atoms with E-state index in [9.17, 15) is 10.1 Å².